The number of carbonyl (C=O) groups excluding carboxylic acids is 2. The number of anilines is 1. The molecule has 0 bridgehead atoms. The number of rotatable bonds is 4. The smallest absolute Gasteiger partial charge is 0.417 e. The summed E-state index contributed by atoms with van der Waals surface area (Å²) < 4.78 is 41.2. The SMILES string of the molecule is CC.CNc1cc(C(=O)OC)ccc1C(C)=N.O=Cc1c(Cl)cccc1C(F)(F)F. The van der Waals surface area contributed by atoms with E-state index in [1.54, 1.807) is 32.2 Å². The number of hydrogen-bond donors (Lipinski definition) is 2. The van der Waals surface area contributed by atoms with Crippen molar-refractivity contribution in [2.45, 2.75) is 26.9 Å². The molecule has 0 aliphatic rings. The average Bonchev–Trinajstić information content (AvgIpc) is 2.73. The second-order valence-electron chi connectivity index (χ2n) is 5.44. The number of aldehydes is 1. The van der Waals surface area contributed by atoms with Crippen LogP contribution in [0.15, 0.2) is 36.4 Å². The van der Waals surface area contributed by atoms with Crippen molar-refractivity contribution in [1.82, 2.24) is 0 Å². The summed E-state index contributed by atoms with van der Waals surface area (Å²) in [5, 5.41) is 10.3. The lowest BCUT2D eigenvalue weighted by molar-refractivity contribution is -0.137. The van der Waals surface area contributed by atoms with Gasteiger partial charge in [-0.3, -0.25) is 4.79 Å². The van der Waals surface area contributed by atoms with Crippen LogP contribution in [-0.2, 0) is 10.9 Å². The molecule has 30 heavy (non-hydrogen) atoms. The van der Waals surface area contributed by atoms with Gasteiger partial charge in [-0.05, 0) is 31.2 Å². The monoisotopic (exact) mass is 444 g/mol. The van der Waals surface area contributed by atoms with E-state index in [2.05, 4.69) is 10.1 Å². The van der Waals surface area contributed by atoms with E-state index in [1.807, 2.05) is 13.8 Å². The van der Waals surface area contributed by atoms with Crippen LogP contribution in [0.25, 0.3) is 0 Å². The molecule has 0 heterocycles. The first-order valence-electron chi connectivity index (χ1n) is 8.83. The number of alkyl halides is 3. The molecule has 2 aromatic carbocycles. The molecule has 0 saturated heterocycles. The van der Waals surface area contributed by atoms with Crippen LogP contribution in [-0.4, -0.2) is 32.1 Å². The normalized spacial score (nSPS) is 9.90. The molecule has 0 aliphatic carbocycles. The summed E-state index contributed by atoms with van der Waals surface area (Å²) in [5.74, 6) is -0.374. The number of nitrogens with one attached hydrogen (secondary N) is 2. The van der Waals surface area contributed by atoms with Crippen LogP contribution in [0.1, 0.15) is 52.6 Å². The molecular weight excluding hydrogens is 421 g/mol. The van der Waals surface area contributed by atoms with Crippen LogP contribution in [0.2, 0.25) is 5.02 Å². The van der Waals surface area contributed by atoms with Crippen molar-refractivity contribution in [3.63, 3.8) is 0 Å². The van der Waals surface area contributed by atoms with Crippen molar-refractivity contribution in [3.05, 3.63) is 63.7 Å². The van der Waals surface area contributed by atoms with E-state index >= 15 is 0 Å². The van der Waals surface area contributed by atoms with E-state index < -0.39 is 17.3 Å². The first kappa shape index (κ1) is 27.1. The first-order valence-corrected chi connectivity index (χ1v) is 9.21. The molecule has 0 spiro atoms. The number of halogens is 4. The molecule has 0 unspecified atom stereocenters. The first-order chi connectivity index (χ1) is 14.1. The van der Waals surface area contributed by atoms with Crippen molar-refractivity contribution in [1.29, 1.82) is 5.41 Å². The highest BCUT2D eigenvalue weighted by Gasteiger charge is 2.33. The van der Waals surface area contributed by atoms with E-state index in [9.17, 15) is 22.8 Å². The number of benzene rings is 2. The van der Waals surface area contributed by atoms with Crippen molar-refractivity contribution < 1.29 is 27.5 Å². The number of esters is 1. The predicted octanol–water partition coefficient (Wildman–Crippen LogP) is 6.10. The van der Waals surface area contributed by atoms with E-state index in [0.717, 1.165) is 23.4 Å². The fourth-order valence-corrected chi connectivity index (χ4v) is 2.45. The maximum atomic E-state index is 12.2. The highest BCUT2D eigenvalue weighted by molar-refractivity contribution is 6.33. The Morgan fingerprint density at radius 1 is 1.20 bits per heavy atom. The Bertz CT molecular complexity index is 884. The largest absolute Gasteiger partial charge is 0.465 e. The molecule has 0 aromatic heterocycles. The fraction of sp³-hybridized carbons (Fsp3) is 0.286. The van der Waals surface area contributed by atoms with Crippen molar-refractivity contribution in [2.75, 3.05) is 19.5 Å². The van der Waals surface area contributed by atoms with Gasteiger partial charge in [0.1, 0.15) is 0 Å². The lowest BCUT2D eigenvalue weighted by Gasteiger charge is -2.09. The molecule has 5 nitrogen and oxygen atoms in total. The quantitative estimate of drug-likeness (QED) is 0.339. The average molecular weight is 445 g/mol. The lowest BCUT2D eigenvalue weighted by Crippen LogP contribution is -2.08. The van der Waals surface area contributed by atoms with Gasteiger partial charge < -0.3 is 15.5 Å². The Balaban J connectivity index is 0.000000522. The van der Waals surface area contributed by atoms with Gasteiger partial charge in [-0.25, -0.2) is 4.79 Å². The minimum atomic E-state index is -4.54. The number of ether oxygens (including phenoxy) is 1. The molecule has 0 radical (unpaired) electrons. The standard InChI is InChI=1S/C11H14N2O2.C8H4ClF3O.C2H6/c1-7(12)9-5-4-8(11(14)15-3)6-10(9)13-2;9-7-3-1-2-6(5(7)4-13)8(10,11)12;1-2/h4-6,12-13H,1-3H3;1-4H;1-2H3. The second kappa shape index (κ2) is 12.6. The van der Waals surface area contributed by atoms with Crippen LogP contribution >= 0.6 is 11.6 Å². The topological polar surface area (TPSA) is 79.2 Å². The summed E-state index contributed by atoms with van der Waals surface area (Å²) in [6, 6.07) is 8.27. The van der Waals surface area contributed by atoms with E-state index in [1.165, 1.54) is 13.2 Å². The minimum Gasteiger partial charge on any atom is -0.465 e. The molecule has 2 aromatic rings. The van der Waals surface area contributed by atoms with E-state index in [-0.39, 0.29) is 17.3 Å². The second-order valence-corrected chi connectivity index (χ2v) is 5.85. The van der Waals surface area contributed by atoms with Crippen LogP contribution in [0.5, 0.6) is 0 Å². The Kier molecular flexibility index (Phi) is 11.4. The zero-order chi connectivity index (χ0) is 23.5. The van der Waals surface area contributed by atoms with Gasteiger partial charge in [0.15, 0.2) is 6.29 Å². The Morgan fingerprint density at radius 2 is 1.80 bits per heavy atom. The van der Waals surface area contributed by atoms with Gasteiger partial charge in [0.2, 0.25) is 0 Å². The van der Waals surface area contributed by atoms with Crippen molar-refractivity contribution in [2.24, 2.45) is 0 Å². The zero-order valence-corrected chi connectivity index (χ0v) is 18.0. The summed E-state index contributed by atoms with van der Waals surface area (Å²) in [4.78, 5) is 21.6. The zero-order valence-electron chi connectivity index (χ0n) is 17.3. The third-order valence-electron chi connectivity index (χ3n) is 3.59. The van der Waals surface area contributed by atoms with Gasteiger partial charge in [0.05, 0.1) is 23.3 Å². The number of methoxy groups -OCH3 is 1. The maximum absolute atomic E-state index is 12.2. The van der Waals surface area contributed by atoms with E-state index in [0.29, 0.717) is 11.3 Å². The molecule has 2 N–H and O–H groups in total. The summed E-state index contributed by atoms with van der Waals surface area (Å²) >= 11 is 5.40. The number of hydrogen-bond acceptors (Lipinski definition) is 5. The Morgan fingerprint density at radius 3 is 2.20 bits per heavy atom. The van der Waals surface area contributed by atoms with E-state index in [4.69, 9.17) is 17.0 Å². The fourth-order valence-electron chi connectivity index (χ4n) is 2.23. The van der Waals surface area contributed by atoms with Crippen LogP contribution < -0.4 is 5.32 Å². The minimum absolute atomic E-state index is 0.102. The molecule has 0 atom stereocenters. The molecule has 0 saturated carbocycles. The molecule has 0 aliphatic heterocycles. The predicted molar refractivity (Wildman–Crippen MR) is 113 cm³/mol. The molecule has 2 rings (SSSR count). The van der Waals surface area contributed by atoms with Gasteiger partial charge in [-0.15, -0.1) is 0 Å². The third-order valence-corrected chi connectivity index (χ3v) is 3.92. The van der Waals surface area contributed by atoms with Gasteiger partial charge in [-0.1, -0.05) is 37.6 Å². The Labute approximate surface area is 178 Å². The van der Waals surface area contributed by atoms with Crippen molar-refractivity contribution >= 4 is 35.3 Å². The van der Waals surface area contributed by atoms with Gasteiger partial charge in [0, 0.05) is 29.6 Å². The Hall–Kier alpha value is -2.87. The van der Waals surface area contributed by atoms with Crippen molar-refractivity contribution in [3.8, 4) is 0 Å². The summed E-state index contributed by atoms with van der Waals surface area (Å²) in [6.45, 7) is 5.70. The third kappa shape index (κ3) is 7.51. The lowest BCUT2D eigenvalue weighted by atomic mass is 10.1. The van der Waals surface area contributed by atoms with Gasteiger partial charge >= 0.3 is 12.1 Å². The van der Waals surface area contributed by atoms with Gasteiger partial charge in [0.25, 0.3) is 0 Å². The highest BCUT2D eigenvalue weighted by Crippen LogP contribution is 2.33. The number of carbonyl (C=O) groups is 2. The van der Waals surface area contributed by atoms with Crippen LogP contribution in [0.3, 0.4) is 0 Å². The molecule has 164 valence electrons. The summed E-state index contributed by atoms with van der Waals surface area (Å²) in [7, 11) is 3.10. The highest BCUT2D eigenvalue weighted by atomic mass is 35.5. The van der Waals surface area contributed by atoms with Crippen LogP contribution in [0, 0.1) is 5.41 Å². The van der Waals surface area contributed by atoms with Crippen LogP contribution in [0.4, 0.5) is 18.9 Å². The molecule has 0 fully saturated rings. The molecule has 9 heteroatoms. The molecule has 0 amide bonds. The maximum Gasteiger partial charge on any atom is 0.417 e. The summed E-state index contributed by atoms with van der Waals surface area (Å²) in [6.07, 6.45) is -4.44. The van der Waals surface area contributed by atoms with Gasteiger partial charge in [-0.2, -0.15) is 13.2 Å². The molecular formula is C21H24ClF3N2O3. The summed E-state index contributed by atoms with van der Waals surface area (Å²) in [5.41, 5.74) is 0.949.